The van der Waals surface area contributed by atoms with Gasteiger partial charge < -0.3 is 16.0 Å². The summed E-state index contributed by atoms with van der Waals surface area (Å²) in [6, 6.07) is 1.97. The first-order chi connectivity index (χ1) is 7.69. The Morgan fingerprint density at radius 1 is 1.56 bits per heavy atom. The predicted octanol–water partition coefficient (Wildman–Crippen LogP) is 1.34. The van der Waals surface area contributed by atoms with E-state index in [0.29, 0.717) is 5.95 Å². The van der Waals surface area contributed by atoms with Crippen LogP contribution >= 0.6 is 0 Å². The number of hydrogen-bond donors (Lipinski definition) is 2. The minimum absolute atomic E-state index is 0.341. The third-order valence-corrected chi connectivity index (χ3v) is 2.84. The lowest BCUT2D eigenvalue weighted by Gasteiger charge is -2.18. The third-order valence-electron chi connectivity index (χ3n) is 2.84. The highest BCUT2D eigenvalue weighted by molar-refractivity contribution is 5.53. The smallest absolute Gasteiger partial charge is 0.223 e. The van der Waals surface area contributed by atoms with E-state index in [0.717, 1.165) is 37.2 Å². The van der Waals surface area contributed by atoms with Gasteiger partial charge in [-0.3, -0.25) is 0 Å². The van der Waals surface area contributed by atoms with Gasteiger partial charge in [0.2, 0.25) is 5.95 Å². The van der Waals surface area contributed by atoms with Crippen LogP contribution in [0.4, 0.5) is 17.6 Å². The summed E-state index contributed by atoms with van der Waals surface area (Å²) in [5, 5.41) is 3.17. The molecule has 1 saturated heterocycles. The number of aromatic nitrogens is 2. The second-order valence-corrected chi connectivity index (χ2v) is 4.34. The van der Waals surface area contributed by atoms with E-state index >= 15 is 0 Å². The van der Waals surface area contributed by atoms with Crippen LogP contribution in [0, 0.1) is 5.92 Å². The summed E-state index contributed by atoms with van der Waals surface area (Å²) in [6.45, 7) is 7.25. The van der Waals surface area contributed by atoms with Crippen LogP contribution in [-0.4, -0.2) is 29.6 Å². The summed E-state index contributed by atoms with van der Waals surface area (Å²) in [7, 11) is 0. The monoisotopic (exact) mass is 221 g/mol. The van der Waals surface area contributed by atoms with Crippen LogP contribution in [0.15, 0.2) is 6.07 Å². The molecule has 0 amide bonds. The lowest BCUT2D eigenvalue weighted by molar-refractivity contribution is 0.659. The van der Waals surface area contributed by atoms with Gasteiger partial charge in [-0.15, -0.1) is 0 Å². The highest BCUT2D eigenvalue weighted by Crippen LogP contribution is 2.23. The van der Waals surface area contributed by atoms with Crippen LogP contribution in [0.25, 0.3) is 0 Å². The van der Waals surface area contributed by atoms with Gasteiger partial charge in [-0.25, -0.2) is 0 Å². The Morgan fingerprint density at radius 3 is 3.00 bits per heavy atom. The molecule has 1 aliphatic heterocycles. The number of hydrogen-bond acceptors (Lipinski definition) is 5. The van der Waals surface area contributed by atoms with Crippen LogP contribution in [0.2, 0.25) is 0 Å². The van der Waals surface area contributed by atoms with Gasteiger partial charge in [0.25, 0.3) is 0 Å². The molecule has 1 aliphatic rings. The maximum Gasteiger partial charge on any atom is 0.223 e. The second kappa shape index (κ2) is 4.55. The normalized spacial score (nSPS) is 20.1. The van der Waals surface area contributed by atoms with Crippen molar-refractivity contribution in [2.24, 2.45) is 5.92 Å². The lowest BCUT2D eigenvalue weighted by Crippen LogP contribution is -2.21. The fourth-order valence-corrected chi connectivity index (χ4v) is 2.03. The summed E-state index contributed by atoms with van der Waals surface area (Å²) in [4.78, 5) is 10.7. The van der Waals surface area contributed by atoms with Crippen molar-refractivity contribution in [3.05, 3.63) is 6.07 Å². The van der Waals surface area contributed by atoms with E-state index in [1.54, 1.807) is 0 Å². The number of nitrogens with two attached hydrogens (primary N) is 1. The molecule has 0 bridgehead atoms. The van der Waals surface area contributed by atoms with Crippen molar-refractivity contribution in [3.8, 4) is 0 Å². The molecule has 0 radical (unpaired) electrons. The topological polar surface area (TPSA) is 67.1 Å². The van der Waals surface area contributed by atoms with Crippen LogP contribution in [0.3, 0.4) is 0 Å². The molecule has 0 spiro atoms. The van der Waals surface area contributed by atoms with Crippen LogP contribution in [0.1, 0.15) is 20.3 Å². The predicted molar refractivity (Wildman–Crippen MR) is 66.6 cm³/mol. The van der Waals surface area contributed by atoms with E-state index in [1.807, 2.05) is 13.0 Å². The highest BCUT2D eigenvalue weighted by atomic mass is 15.2. The Balaban J connectivity index is 2.20. The van der Waals surface area contributed by atoms with Crippen LogP contribution < -0.4 is 16.0 Å². The first-order valence-corrected chi connectivity index (χ1v) is 5.82. The molecular formula is C11H19N5. The molecule has 1 unspecified atom stereocenters. The molecule has 3 N–H and O–H groups in total. The number of anilines is 3. The molecule has 1 fully saturated rings. The Kier molecular flexibility index (Phi) is 3.12. The van der Waals surface area contributed by atoms with Gasteiger partial charge in [0.1, 0.15) is 11.6 Å². The zero-order valence-electron chi connectivity index (χ0n) is 9.90. The van der Waals surface area contributed by atoms with E-state index in [1.165, 1.54) is 6.42 Å². The maximum absolute atomic E-state index is 5.70. The quantitative estimate of drug-likeness (QED) is 0.806. The Bertz CT molecular complexity index is 365. The number of nitrogen functional groups attached to an aromatic ring is 1. The van der Waals surface area contributed by atoms with E-state index in [2.05, 4.69) is 27.1 Å². The average Bonchev–Trinajstić information content (AvgIpc) is 2.64. The van der Waals surface area contributed by atoms with E-state index in [-0.39, 0.29) is 0 Å². The molecule has 0 saturated carbocycles. The molecule has 1 atom stereocenters. The first-order valence-electron chi connectivity index (χ1n) is 5.82. The number of rotatable bonds is 3. The molecule has 88 valence electrons. The fraction of sp³-hybridized carbons (Fsp3) is 0.636. The van der Waals surface area contributed by atoms with Crippen LogP contribution in [-0.2, 0) is 0 Å². The van der Waals surface area contributed by atoms with Gasteiger partial charge in [0.05, 0.1) is 0 Å². The summed E-state index contributed by atoms with van der Waals surface area (Å²) in [6.07, 6.45) is 1.22. The average molecular weight is 221 g/mol. The zero-order valence-corrected chi connectivity index (χ0v) is 9.90. The molecule has 1 aromatic rings. The third kappa shape index (κ3) is 2.35. The summed E-state index contributed by atoms with van der Waals surface area (Å²) >= 11 is 0. The lowest BCUT2D eigenvalue weighted by atomic mass is 10.2. The van der Waals surface area contributed by atoms with Gasteiger partial charge in [-0.05, 0) is 19.3 Å². The SMILES string of the molecule is CCNc1cc(N2CCC(C)C2)nc(N)n1. The molecular weight excluding hydrogens is 202 g/mol. The Labute approximate surface area is 96.1 Å². The number of nitrogens with one attached hydrogen (secondary N) is 1. The molecule has 16 heavy (non-hydrogen) atoms. The van der Waals surface area contributed by atoms with Crippen molar-refractivity contribution in [2.45, 2.75) is 20.3 Å². The summed E-state index contributed by atoms with van der Waals surface area (Å²) in [5.74, 6) is 2.82. The minimum atomic E-state index is 0.341. The van der Waals surface area contributed by atoms with Crippen molar-refractivity contribution < 1.29 is 0 Å². The highest BCUT2D eigenvalue weighted by Gasteiger charge is 2.20. The zero-order chi connectivity index (χ0) is 11.5. The van der Waals surface area contributed by atoms with E-state index in [9.17, 15) is 0 Å². The largest absolute Gasteiger partial charge is 0.370 e. The van der Waals surface area contributed by atoms with Gasteiger partial charge in [0.15, 0.2) is 0 Å². The molecule has 2 heterocycles. The Hall–Kier alpha value is -1.52. The van der Waals surface area contributed by atoms with Gasteiger partial charge in [-0.2, -0.15) is 9.97 Å². The number of nitrogens with zero attached hydrogens (tertiary/aromatic N) is 3. The van der Waals surface area contributed by atoms with E-state index in [4.69, 9.17) is 5.73 Å². The van der Waals surface area contributed by atoms with Crippen molar-refractivity contribution >= 4 is 17.6 Å². The standard InChI is InChI=1S/C11H19N5/c1-3-13-9-6-10(15-11(12)14-9)16-5-4-8(2)7-16/h6,8H,3-5,7H2,1-2H3,(H3,12,13,14,15). The minimum Gasteiger partial charge on any atom is -0.370 e. The summed E-state index contributed by atoms with van der Waals surface area (Å²) < 4.78 is 0. The van der Waals surface area contributed by atoms with Gasteiger partial charge >= 0.3 is 0 Å². The van der Waals surface area contributed by atoms with Gasteiger partial charge in [0, 0.05) is 25.7 Å². The van der Waals surface area contributed by atoms with Crippen molar-refractivity contribution in [3.63, 3.8) is 0 Å². The van der Waals surface area contributed by atoms with E-state index < -0.39 is 0 Å². The molecule has 1 aromatic heterocycles. The molecule has 5 heteroatoms. The molecule has 5 nitrogen and oxygen atoms in total. The van der Waals surface area contributed by atoms with Gasteiger partial charge in [-0.1, -0.05) is 6.92 Å². The van der Waals surface area contributed by atoms with Crippen LogP contribution in [0.5, 0.6) is 0 Å². The molecule has 0 aliphatic carbocycles. The van der Waals surface area contributed by atoms with Crippen molar-refractivity contribution in [1.29, 1.82) is 0 Å². The van der Waals surface area contributed by atoms with Crippen molar-refractivity contribution in [2.75, 3.05) is 35.6 Å². The summed E-state index contributed by atoms with van der Waals surface area (Å²) in [5.41, 5.74) is 5.70. The Morgan fingerprint density at radius 2 is 2.38 bits per heavy atom. The second-order valence-electron chi connectivity index (χ2n) is 4.34. The molecule has 2 rings (SSSR count). The molecule has 0 aromatic carbocycles. The first kappa shape index (κ1) is 11.0. The fourth-order valence-electron chi connectivity index (χ4n) is 2.03. The maximum atomic E-state index is 5.70. The van der Waals surface area contributed by atoms with Crippen molar-refractivity contribution in [1.82, 2.24) is 9.97 Å².